The fourth-order valence-electron chi connectivity index (χ4n) is 2.26. The lowest BCUT2D eigenvalue weighted by atomic mass is 10.1. The molecule has 0 saturated heterocycles. The van der Waals surface area contributed by atoms with Crippen molar-refractivity contribution in [2.45, 2.75) is 32.7 Å². The monoisotopic (exact) mass is 341 g/mol. The molecule has 0 saturated carbocycles. The van der Waals surface area contributed by atoms with Crippen LogP contribution in [-0.2, 0) is 11.2 Å². The maximum atomic E-state index is 12.3. The number of methoxy groups -OCH3 is 1. The minimum absolute atomic E-state index is 0.176. The summed E-state index contributed by atoms with van der Waals surface area (Å²) in [6, 6.07) is 10.6. The minimum atomic E-state index is -0.359. The van der Waals surface area contributed by atoms with Crippen molar-refractivity contribution >= 4 is 17.5 Å². The molecule has 2 rings (SSSR count). The van der Waals surface area contributed by atoms with Gasteiger partial charge in [0.25, 0.3) is 5.91 Å². The SMILES string of the molecule is COc1ccccc1CC(=O)Nc1ccnc(C(=O)NC(C)(C)C)c1. The zero-order valence-electron chi connectivity index (χ0n) is 14.9. The van der Waals surface area contributed by atoms with E-state index in [-0.39, 0.29) is 29.5 Å². The lowest BCUT2D eigenvalue weighted by Gasteiger charge is -2.20. The largest absolute Gasteiger partial charge is 0.496 e. The second kappa shape index (κ2) is 7.79. The van der Waals surface area contributed by atoms with Gasteiger partial charge in [-0.2, -0.15) is 0 Å². The summed E-state index contributed by atoms with van der Waals surface area (Å²) < 4.78 is 5.25. The number of hydrogen-bond acceptors (Lipinski definition) is 4. The molecule has 132 valence electrons. The van der Waals surface area contributed by atoms with Gasteiger partial charge in [0.1, 0.15) is 11.4 Å². The molecular weight excluding hydrogens is 318 g/mol. The van der Waals surface area contributed by atoms with Crippen molar-refractivity contribution in [2.24, 2.45) is 0 Å². The molecule has 0 radical (unpaired) electrons. The molecule has 0 unspecified atom stereocenters. The van der Waals surface area contributed by atoms with E-state index in [0.717, 1.165) is 5.56 Å². The van der Waals surface area contributed by atoms with Gasteiger partial charge in [-0.05, 0) is 39.0 Å². The Morgan fingerprint density at radius 2 is 1.88 bits per heavy atom. The van der Waals surface area contributed by atoms with E-state index < -0.39 is 0 Å². The molecule has 1 heterocycles. The van der Waals surface area contributed by atoms with E-state index >= 15 is 0 Å². The lowest BCUT2D eigenvalue weighted by molar-refractivity contribution is -0.115. The zero-order valence-corrected chi connectivity index (χ0v) is 14.9. The Hall–Kier alpha value is -2.89. The number of nitrogens with one attached hydrogen (secondary N) is 2. The molecule has 0 atom stereocenters. The van der Waals surface area contributed by atoms with E-state index in [0.29, 0.717) is 11.4 Å². The second-order valence-corrected chi connectivity index (χ2v) is 6.67. The Kier molecular flexibility index (Phi) is 5.75. The van der Waals surface area contributed by atoms with Crippen LogP contribution in [0.5, 0.6) is 5.75 Å². The Bertz CT molecular complexity index is 767. The van der Waals surface area contributed by atoms with E-state index in [1.165, 1.54) is 6.20 Å². The summed E-state index contributed by atoms with van der Waals surface area (Å²) in [4.78, 5) is 28.5. The lowest BCUT2D eigenvalue weighted by Crippen LogP contribution is -2.40. The molecular formula is C19H23N3O3. The van der Waals surface area contributed by atoms with Crippen molar-refractivity contribution in [1.29, 1.82) is 0 Å². The molecule has 2 N–H and O–H groups in total. The number of hydrogen-bond donors (Lipinski definition) is 2. The number of carbonyl (C=O) groups excluding carboxylic acids is 2. The Labute approximate surface area is 147 Å². The third kappa shape index (κ3) is 5.60. The Balaban J connectivity index is 2.06. The molecule has 0 aliphatic heterocycles. The average molecular weight is 341 g/mol. The van der Waals surface area contributed by atoms with Crippen molar-refractivity contribution in [3.8, 4) is 5.75 Å². The number of anilines is 1. The summed E-state index contributed by atoms with van der Waals surface area (Å²) in [5.41, 5.74) is 1.21. The summed E-state index contributed by atoms with van der Waals surface area (Å²) in [5, 5.41) is 5.63. The standard InChI is InChI=1S/C19H23N3O3/c1-19(2,3)22-18(24)15-12-14(9-10-20-15)21-17(23)11-13-7-5-6-8-16(13)25-4/h5-10,12H,11H2,1-4H3,(H,22,24)(H,20,21,23). The van der Waals surface area contributed by atoms with Gasteiger partial charge in [0.15, 0.2) is 0 Å². The van der Waals surface area contributed by atoms with Crippen LogP contribution in [-0.4, -0.2) is 29.4 Å². The summed E-state index contributed by atoms with van der Waals surface area (Å²) in [6.45, 7) is 5.68. The second-order valence-electron chi connectivity index (χ2n) is 6.67. The number of nitrogens with zero attached hydrogens (tertiary/aromatic N) is 1. The molecule has 0 spiro atoms. The van der Waals surface area contributed by atoms with E-state index in [2.05, 4.69) is 15.6 Å². The minimum Gasteiger partial charge on any atom is -0.496 e. The first-order valence-electron chi connectivity index (χ1n) is 7.99. The molecule has 2 aromatic rings. The van der Waals surface area contributed by atoms with Crippen molar-refractivity contribution in [3.63, 3.8) is 0 Å². The van der Waals surface area contributed by atoms with Gasteiger partial charge in [-0.15, -0.1) is 0 Å². The fraction of sp³-hybridized carbons (Fsp3) is 0.316. The number of carbonyl (C=O) groups is 2. The number of aromatic nitrogens is 1. The van der Waals surface area contributed by atoms with Crippen molar-refractivity contribution < 1.29 is 14.3 Å². The van der Waals surface area contributed by atoms with Gasteiger partial charge in [-0.3, -0.25) is 14.6 Å². The van der Waals surface area contributed by atoms with Crippen LogP contribution in [0.15, 0.2) is 42.6 Å². The quantitative estimate of drug-likeness (QED) is 0.876. The predicted octanol–water partition coefficient (Wildman–Crippen LogP) is 2.80. The molecule has 0 fully saturated rings. The number of ether oxygens (including phenoxy) is 1. The third-order valence-corrected chi connectivity index (χ3v) is 3.31. The highest BCUT2D eigenvalue weighted by Crippen LogP contribution is 2.18. The third-order valence-electron chi connectivity index (χ3n) is 3.31. The first-order valence-corrected chi connectivity index (χ1v) is 7.99. The van der Waals surface area contributed by atoms with E-state index in [4.69, 9.17) is 4.74 Å². The van der Waals surface area contributed by atoms with Crippen LogP contribution < -0.4 is 15.4 Å². The topological polar surface area (TPSA) is 80.3 Å². The average Bonchev–Trinajstić information content (AvgIpc) is 2.54. The first-order chi connectivity index (χ1) is 11.8. The van der Waals surface area contributed by atoms with Gasteiger partial charge < -0.3 is 15.4 Å². The van der Waals surface area contributed by atoms with Crippen LogP contribution in [0, 0.1) is 0 Å². The molecule has 0 aliphatic rings. The molecule has 25 heavy (non-hydrogen) atoms. The molecule has 0 aliphatic carbocycles. The highest BCUT2D eigenvalue weighted by molar-refractivity contribution is 5.96. The van der Waals surface area contributed by atoms with Gasteiger partial charge in [0.05, 0.1) is 13.5 Å². The summed E-state index contributed by atoms with van der Waals surface area (Å²) in [6.07, 6.45) is 1.67. The number of benzene rings is 1. The first kappa shape index (κ1) is 18.4. The highest BCUT2D eigenvalue weighted by Gasteiger charge is 2.17. The van der Waals surface area contributed by atoms with E-state index in [1.807, 2.05) is 45.0 Å². The number of rotatable bonds is 5. The van der Waals surface area contributed by atoms with E-state index in [1.54, 1.807) is 19.2 Å². The van der Waals surface area contributed by atoms with Crippen molar-refractivity contribution in [2.75, 3.05) is 12.4 Å². The maximum absolute atomic E-state index is 12.3. The van der Waals surface area contributed by atoms with Crippen LogP contribution in [0.4, 0.5) is 5.69 Å². The Morgan fingerprint density at radius 3 is 2.56 bits per heavy atom. The fourth-order valence-corrected chi connectivity index (χ4v) is 2.26. The van der Waals surface area contributed by atoms with Crippen LogP contribution >= 0.6 is 0 Å². The molecule has 1 aromatic carbocycles. The Morgan fingerprint density at radius 1 is 1.16 bits per heavy atom. The summed E-state index contributed by atoms with van der Waals surface area (Å²) in [5.74, 6) is 0.184. The smallest absolute Gasteiger partial charge is 0.270 e. The van der Waals surface area contributed by atoms with Crippen molar-refractivity contribution in [1.82, 2.24) is 10.3 Å². The molecule has 6 heteroatoms. The van der Waals surface area contributed by atoms with Crippen molar-refractivity contribution in [3.05, 3.63) is 53.9 Å². The normalized spacial score (nSPS) is 10.9. The van der Waals surface area contributed by atoms with Gasteiger partial charge in [-0.25, -0.2) is 0 Å². The maximum Gasteiger partial charge on any atom is 0.270 e. The molecule has 1 aromatic heterocycles. The van der Waals surface area contributed by atoms with Gasteiger partial charge in [0, 0.05) is 23.0 Å². The number of amides is 2. The van der Waals surface area contributed by atoms with E-state index in [9.17, 15) is 9.59 Å². The molecule has 6 nitrogen and oxygen atoms in total. The number of para-hydroxylation sites is 1. The van der Waals surface area contributed by atoms with Gasteiger partial charge in [0.2, 0.25) is 5.91 Å². The van der Waals surface area contributed by atoms with Gasteiger partial charge >= 0.3 is 0 Å². The van der Waals surface area contributed by atoms with Crippen LogP contribution in [0.2, 0.25) is 0 Å². The molecule has 2 amide bonds. The molecule has 0 bridgehead atoms. The highest BCUT2D eigenvalue weighted by atomic mass is 16.5. The van der Waals surface area contributed by atoms with Gasteiger partial charge in [-0.1, -0.05) is 18.2 Å². The predicted molar refractivity (Wildman–Crippen MR) is 96.8 cm³/mol. The summed E-state index contributed by atoms with van der Waals surface area (Å²) >= 11 is 0. The van der Waals surface area contributed by atoms with Crippen LogP contribution in [0.25, 0.3) is 0 Å². The van der Waals surface area contributed by atoms with Crippen LogP contribution in [0.3, 0.4) is 0 Å². The summed E-state index contributed by atoms with van der Waals surface area (Å²) in [7, 11) is 1.57. The zero-order chi connectivity index (χ0) is 18.4. The number of pyridine rings is 1. The van der Waals surface area contributed by atoms with Crippen LogP contribution in [0.1, 0.15) is 36.8 Å².